The number of carbonyl (C=O) groups excluding carboxylic acids is 1. The summed E-state index contributed by atoms with van der Waals surface area (Å²) >= 11 is 0. The van der Waals surface area contributed by atoms with E-state index in [0.29, 0.717) is 22.8 Å². The minimum atomic E-state index is -0.327. The molecule has 0 spiro atoms. The summed E-state index contributed by atoms with van der Waals surface area (Å²) in [6.07, 6.45) is 0.210. The Kier molecular flexibility index (Phi) is 6.03. The van der Waals surface area contributed by atoms with E-state index in [9.17, 15) is 9.18 Å². The number of hydrogen-bond donors (Lipinski definition) is 0. The Morgan fingerprint density at radius 3 is 2.34 bits per heavy atom. The molecule has 6 heteroatoms. The predicted molar refractivity (Wildman–Crippen MR) is 134 cm³/mol. The van der Waals surface area contributed by atoms with Crippen LogP contribution in [-0.4, -0.2) is 27.2 Å². The number of nitrogens with zero attached hydrogens (tertiary/aromatic N) is 1. The second kappa shape index (κ2) is 9.29. The maximum atomic E-state index is 14.5. The van der Waals surface area contributed by atoms with Crippen molar-refractivity contribution in [2.75, 3.05) is 26.2 Å². The van der Waals surface area contributed by atoms with Crippen LogP contribution in [0.3, 0.4) is 0 Å². The summed E-state index contributed by atoms with van der Waals surface area (Å²) in [6, 6.07) is 22.4. The van der Waals surface area contributed by atoms with E-state index in [0.717, 1.165) is 27.6 Å². The van der Waals surface area contributed by atoms with Crippen molar-refractivity contribution < 1.29 is 23.4 Å². The maximum absolute atomic E-state index is 14.5. The van der Waals surface area contributed by atoms with Crippen LogP contribution in [0, 0.1) is 5.82 Å². The SMILES string of the molecule is COc1ccc(C2CC(=O)N(Cc3ccccc3F)c3ccc4ccccc4c32)c(OC)c1OC. The second-order valence-corrected chi connectivity index (χ2v) is 8.47. The molecule has 4 aromatic carbocycles. The number of amides is 1. The zero-order valence-corrected chi connectivity index (χ0v) is 19.9. The molecule has 178 valence electrons. The molecule has 0 saturated carbocycles. The van der Waals surface area contributed by atoms with Crippen molar-refractivity contribution in [1.29, 1.82) is 0 Å². The highest BCUT2D eigenvalue weighted by Crippen LogP contribution is 2.50. The molecule has 0 radical (unpaired) electrons. The molecule has 0 fully saturated rings. The Balaban J connectivity index is 1.73. The highest BCUT2D eigenvalue weighted by atomic mass is 19.1. The van der Waals surface area contributed by atoms with Crippen LogP contribution in [0.4, 0.5) is 10.1 Å². The fraction of sp³-hybridized carbons (Fsp3) is 0.207. The first-order valence-corrected chi connectivity index (χ1v) is 11.4. The molecule has 1 heterocycles. The third-order valence-corrected chi connectivity index (χ3v) is 6.66. The van der Waals surface area contributed by atoms with Crippen LogP contribution in [0.1, 0.15) is 29.0 Å². The van der Waals surface area contributed by atoms with Gasteiger partial charge in [-0.3, -0.25) is 4.79 Å². The van der Waals surface area contributed by atoms with Gasteiger partial charge in [-0.1, -0.05) is 54.6 Å². The van der Waals surface area contributed by atoms with E-state index in [1.165, 1.54) is 6.07 Å². The first-order valence-electron chi connectivity index (χ1n) is 11.4. The molecule has 5 rings (SSSR count). The highest BCUT2D eigenvalue weighted by Gasteiger charge is 2.36. The molecule has 0 bridgehead atoms. The molecule has 0 N–H and O–H groups in total. The van der Waals surface area contributed by atoms with Crippen LogP contribution < -0.4 is 19.1 Å². The monoisotopic (exact) mass is 471 g/mol. The largest absolute Gasteiger partial charge is 0.493 e. The van der Waals surface area contributed by atoms with E-state index in [-0.39, 0.29) is 30.6 Å². The Morgan fingerprint density at radius 2 is 1.60 bits per heavy atom. The van der Waals surface area contributed by atoms with Crippen molar-refractivity contribution in [3.05, 3.63) is 95.3 Å². The van der Waals surface area contributed by atoms with Crippen molar-refractivity contribution in [3.8, 4) is 17.2 Å². The van der Waals surface area contributed by atoms with Crippen LogP contribution in [0.2, 0.25) is 0 Å². The Hall–Kier alpha value is -4.06. The molecule has 1 aliphatic heterocycles. The molecule has 1 amide bonds. The lowest BCUT2D eigenvalue weighted by Gasteiger charge is -2.36. The molecule has 0 aromatic heterocycles. The molecule has 4 aromatic rings. The zero-order chi connectivity index (χ0) is 24.5. The number of anilines is 1. The Labute approximate surface area is 203 Å². The topological polar surface area (TPSA) is 48.0 Å². The summed E-state index contributed by atoms with van der Waals surface area (Å²) in [4.78, 5) is 15.3. The lowest BCUT2D eigenvalue weighted by atomic mass is 9.80. The summed E-state index contributed by atoms with van der Waals surface area (Å²) in [5.74, 6) is 0.871. The van der Waals surface area contributed by atoms with Gasteiger partial charge in [0.15, 0.2) is 11.5 Å². The van der Waals surface area contributed by atoms with Gasteiger partial charge in [0.25, 0.3) is 0 Å². The number of methoxy groups -OCH3 is 3. The highest BCUT2D eigenvalue weighted by molar-refractivity contribution is 6.03. The maximum Gasteiger partial charge on any atom is 0.228 e. The number of carbonyl (C=O) groups is 1. The third-order valence-electron chi connectivity index (χ3n) is 6.66. The van der Waals surface area contributed by atoms with Gasteiger partial charge >= 0.3 is 0 Å². The summed E-state index contributed by atoms with van der Waals surface area (Å²) in [7, 11) is 4.72. The van der Waals surface area contributed by atoms with Crippen molar-refractivity contribution in [2.45, 2.75) is 18.9 Å². The number of fused-ring (bicyclic) bond motifs is 3. The van der Waals surface area contributed by atoms with Gasteiger partial charge in [0.2, 0.25) is 11.7 Å². The predicted octanol–water partition coefficient (Wildman–Crippen LogP) is 6.07. The molecule has 0 saturated heterocycles. The average Bonchev–Trinajstić information content (AvgIpc) is 2.89. The van der Waals surface area contributed by atoms with Gasteiger partial charge in [-0.25, -0.2) is 4.39 Å². The van der Waals surface area contributed by atoms with Gasteiger partial charge in [-0.15, -0.1) is 0 Å². The first kappa shape index (κ1) is 22.7. The van der Waals surface area contributed by atoms with Crippen LogP contribution in [0.25, 0.3) is 10.8 Å². The van der Waals surface area contributed by atoms with Gasteiger partial charge in [0.05, 0.1) is 27.9 Å². The van der Waals surface area contributed by atoms with E-state index in [2.05, 4.69) is 12.1 Å². The third kappa shape index (κ3) is 3.85. The van der Waals surface area contributed by atoms with Crippen LogP contribution in [0.5, 0.6) is 17.2 Å². The Morgan fingerprint density at radius 1 is 0.857 bits per heavy atom. The molecule has 1 atom stereocenters. The van der Waals surface area contributed by atoms with E-state index >= 15 is 0 Å². The number of rotatable bonds is 6. The number of benzene rings is 4. The van der Waals surface area contributed by atoms with E-state index in [1.807, 2.05) is 36.4 Å². The van der Waals surface area contributed by atoms with Crippen molar-refractivity contribution >= 4 is 22.4 Å². The van der Waals surface area contributed by atoms with Crippen LogP contribution in [0.15, 0.2) is 72.8 Å². The molecule has 1 unspecified atom stereocenters. The molecular formula is C29H26FNO4. The molecule has 1 aliphatic rings. The van der Waals surface area contributed by atoms with Gasteiger partial charge in [0.1, 0.15) is 5.82 Å². The smallest absolute Gasteiger partial charge is 0.228 e. The molecule has 5 nitrogen and oxygen atoms in total. The van der Waals surface area contributed by atoms with Crippen molar-refractivity contribution in [2.24, 2.45) is 0 Å². The van der Waals surface area contributed by atoms with Gasteiger partial charge in [0, 0.05) is 29.2 Å². The Bertz CT molecular complexity index is 1420. The van der Waals surface area contributed by atoms with Crippen molar-refractivity contribution in [3.63, 3.8) is 0 Å². The van der Waals surface area contributed by atoms with E-state index < -0.39 is 0 Å². The van der Waals surface area contributed by atoms with Gasteiger partial charge in [-0.05, 0) is 34.5 Å². The molecule has 0 aliphatic carbocycles. The van der Waals surface area contributed by atoms with Gasteiger partial charge < -0.3 is 19.1 Å². The molecular weight excluding hydrogens is 445 g/mol. The number of hydrogen-bond acceptors (Lipinski definition) is 4. The average molecular weight is 472 g/mol. The first-order chi connectivity index (χ1) is 17.1. The van der Waals surface area contributed by atoms with Crippen LogP contribution >= 0.6 is 0 Å². The summed E-state index contributed by atoms with van der Waals surface area (Å²) in [5.41, 5.74) is 3.08. The van der Waals surface area contributed by atoms with Crippen LogP contribution in [-0.2, 0) is 11.3 Å². The minimum absolute atomic E-state index is 0.0853. The molecule has 35 heavy (non-hydrogen) atoms. The normalized spacial score (nSPS) is 15.1. The van der Waals surface area contributed by atoms with Gasteiger partial charge in [-0.2, -0.15) is 0 Å². The fourth-order valence-electron chi connectivity index (χ4n) is 5.04. The van der Waals surface area contributed by atoms with E-state index in [4.69, 9.17) is 14.2 Å². The van der Waals surface area contributed by atoms with E-state index in [1.54, 1.807) is 44.4 Å². The van der Waals surface area contributed by atoms with Crippen molar-refractivity contribution in [1.82, 2.24) is 0 Å². The quantitative estimate of drug-likeness (QED) is 0.342. The minimum Gasteiger partial charge on any atom is -0.493 e. The lowest BCUT2D eigenvalue weighted by molar-refractivity contribution is -0.119. The zero-order valence-electron chi connectivity index (χ0n) is 19.9. The fourth-order valence-corrected chi connectivity index (χ4v) is 5.04. The number of halogens is 1. The second-order valence-electron chi connectivity index (χ2n) is 8.47. The summed E-state index contributed by atoms with van der Waals surface area (Å²) < 4.78 is 31.4. The lowest BCUT2D eigenvalue weighted by Crippen LogP contribution is -2.37. The standard InChI is InChI=1S/C29H26FNO4/c1-33-25-15-13-21(28(34-2)29(25)35-3)22-16-26(32)31(17-19-9-5-7-11-23(19)30)24-14-12-18-8-4-6-10-20(18)27(22)24/h4-15,22H,16-17H2,1-3H3. The summed E-state index contributed by atoms with van der Waals surface area (Å²) in [6.45, 7) is 0.159. The summed E-state index contributed by atoms with van der Waals surface area (Å²) in [5, 5.41) is 2.11. The number of ether oxygens (including phenoxy) is 3.